The van der Waals surface area contributed by atoms with Gasteiger partial charge in [-0.25, -0.2) is 0 Å². The third-order valence-corrected chi connectivity index (χ3v) is 1.81. The normalized spacial score (nSPS) is 28.0. The van der Waals surface area contributed by atoms with Gasteiger partial charge in [0.05, 0.1) is 0 Å². The second kappa shape index (κ2) is 2.19. The summed E-state index contributed by atoms with van der Waals surface area (Å²) in [5, 5.41) is 0. The highest BCUT2D eigenvalue weighted by Gasteiger charge is 2.43. The molecule has 2 rings (SSSR count). The molecule has 1 aromatic rings. The summed E-state index contributed by atoms with van der Waals surface area (Å²) in [6, 6.07) is 9.93. The Balaban J connectivity index is 2.37. The van der Waals surface area contributed by atoms with Crippen LogP contribution in [0.1, 0.15) is 5.56 Å². The molecular weight excluding hydrogens is 138 g/mol. The topological polar surface area (TPSA) is 34.5 Å². The van der Waals surface area contributed by atoms with Crippen molar-refractivity contribution in [3.63, 3.8) is 0 Å². The van der Waals surface area contributed by atoms with E-state index in [1.165, 1.54) is 0 Å². The van der Waals surface area contributed by atoms with Crippen molar-refractivity contribution in [2.24, 2.45) is 0 Å². The van der Waals surface area contributed by atoms with E-state index in [9.17, 15) is 0 Å². The van der Waals surface area contributed by atoms with Crippen LogP contribution >= 0.6 is 0 Å². The first-order chi connectivity index (χ1) is 5.37. The maximum atomic E-state index is 5.06. The predicted octanol–water partition coefficient (Wildman–Crippen LogP) is 1.56. The van der Waals surface area contributed by atoms with Crippen LogP contribution in [-0.4, -0.2) is 0 Å². The first-order valence-corrected chi connectivity index (χ1v) is 3.52. The average molecular weight is 147 g/mol. The molecule has 0 aromatic heterocycles. The molecule has 1 fully saturated rings. The zero-order valence-electron chi connectivity index (χ0n) is 6.08. The maximum absolute atomic E-state index is 5.06. The molecule has 0 saturated carbocycles. The van der Waals surface area contributed by atoms with Gasteiger partial charge in [-0.15, -0.1) is 0 Å². The standard InChI is InChI=1S/C9H9NO/c1-2-9(10-11-9)8-6-4-3-5-7-8/h2-7,10H,1H2. The van der Waals surface area contributed by atoms with E-state index in [4.69, 9.17) is 4.84 Å². The Bertz CT molecular complexity index is 264. The summed E-state index contributed by atoms with van der Waals surface area (Å²) in [6.07, 6.45) is 1.75. The first kappa shape index (κ1) is 6.58. The Morgan fingerprint density at radius 1 is 1.36 bits per heavy atom. The highest BCUT2D eigenvalue weighted by atomic mass is 16.8. The van der Waals surface area contributed by atoms with E-state index >= 15 is 0 Å². The van der Waals surface area contributed by atoms with Crippen LogP contribution in [0.4, 0.5) is 0 Å². The number of nitrogens with one attached hydrogen (secondary N) is 1. The van der Waals surface area contributed by atoms with Crippen LogP contribution in [0.15, 0.2) is 43.0 Å². The number of hydrogen-bond acceptors (Lipinski definition) is 2. The predicted molar refractivity (Wildman–Crippen MR) is 42.5 cm³/mol. The lowest BCUT2D eigenvalue weighted by atomic mass is 10.1. The fourth-order valence-corrected chi connectivity index (χ4v) is 1.06. The lowest BCUT2D eigenvalue weighted by molar-refractivity contribution is 0.333. The molecule has 1 aromatic carbocycles. The molecule has 56 valence electrons. The van der Waals surface area contributed by atoms with Crippen LogP contribution in [0, 0.1) is 0 Å². The number of hydrogen-bond donors (Lipinski definition) is 1. The van der Waals surface area contributed by atoms with Gasteiger partial charge in [-0.05, 0) is 6.08 Å². The van der Waals surface area contributed by atoms with E-state index in [2.05, 4.69) is 12.1 Å². The minimum atomic E-state index is -0.402. The van der Waals surface area contributed by atoms with Gasteiger partial charge in [-0.2, -0.15) is 5.48 Å². The smallest absolute Gasteiger partial charge is 0.205 e. The van der Waals surface area contributed by atoms with Crippen LogP contribution < -0.4 is 5.48 Å². The molecule has 0 spiro atoms. The fraction of sp³-hybridized carbons (Fsp3) is 0.111. The summed E-state index contributed by atoms with van der Waals surface area (Å²) in [5.74, 6) is 0. The molecule has 2 nitrogen and oxygen atoms in total. The van der Waals surface area contributed by atoms with Crippen molar-refractivity contribution >= 4 is 0 Å². The van der Waals surface area contributed by atoms with Crippen LogP contribution in [0.2, 0.25) is 0 Å². The van der Waals surface area contributed by atoms with E-state index in [0.29, 0.717) is 0 Å². The molecular formula is C9H9NO. The summed E-state index contributed by atoms with van der Waals surface area (Å²) in [7, 11) is 0. The van der Waals surface area contributed by atoms with Gasteiger partial charge < -0.3 is 0 Å². The van der Waals surface area contributed by atoms with Gasteiger partial charge in [-0.3, -0.25) is 4.84 Å². The second-order valence-corrected chi connectivity index (χ2v) is 2.51. The van der Waals surface area contributed by atoms with Crippen LogP contribution in [0.3, 0.4) is 0 Å². The van der Waals surface area contributed by atoms with Gasteiger partial charge in [0.25, 0.3) is 0 Å². The maximum Gasteiger partial charge on any atom is 0.205 e. The lowest BCUT2D eigenvalue weighted by Crippen LogP contribution is -2.07. The monoisotopic (exact) mass is 147 g/mol. The van der Waals surface area contributed by atoms with Gasteiger partial charge >= 0.3 is 0 Å². The number of rotatable bonds is 2. The molecule has 1 aliphatic heterocycles. The average Bonchev–Trinajstić information content (AvgIpc) is 2.86. The van der Waals surface area contributed by atoms with Crippen molar-refractivity contribution in [2.45, 2.75) is 5.72 Å². The summed E-state index contributed by atoms with van der Waals surface area (Å²) >= 11 is 0. The van der Waals surface area contributed by atoms with Gasteiger partial charge in [-0.1, -0.05) is 36.9 Å². The molecule has 0 bridgehead atoms. The van der Waals surface area contributed by atoms with Gasteiger partial charge in [0.1, 0.15) is 0 Å². The zero-order chi connectivity index (χ0) is 7.73. The van der Waals surface area contributed by atoms with Crippen molar-refractivity contribution in [1.29, 1.82) is 0 Å². The van der Waals surface area contributed by atoms with Crippen molar-refractivity contribution in [3.8, 4) is 0 Å². The summed E-state index contributed by atoms with van der Waals surface area (Å²) in [5.41, 5.74) is 3.49. The zero-order valence-corrected chi connectivity index (χ0v) is 6.08. The van der Waals surface area contributed by atoms with E-state index < -0.39 is 5.72 Å². The number of hydroxylamine groups is 1. The van der Waals surface area contributed by atoms with Crippen molar-refractivity contribution in [3.05, 3.63) is 48.6 Å². The summed E-state index contributed by atoms with van der Waals surface area (Å²) < 4.78 is 0. The molecule has 1 heterocycles. The SMILES string of the molecule is C=CC1(c2ccccc2)NO1. The fourth-order valence-electron chi connectivity index (χ4n) is 1.06. The Kier molecular flexibility index (Phi) is 1.31. The summed E-state index contributed by atoms with van der Waals surface area (Å²) in [6.45, 7) is 3.68. The molecule has 0 amide bonds. The highest BCUT2D eigenvalue weighted by Crippen LogP contribution is 2.32. The molecule has 1 unspecified atom stereocenters. The quantitative estimate of drug-likeness (QED) is 0.509. The minimum absolute atomic E-state index is 0.402. The minimum Gasteiger partial charge on any atom is -0.265 e. The van der Waals surface area contributed by atoms with E-state index in [0.717, 1.165) is 5.56 Å². The van der Waals surface area contributed by atoms with E-state index in [-0.39, 0.29) is 0 Å². The lowest BCUT2D eigenvalue weighted by Gasteiger charge is -2.01. The number of benzene rings is 1. The molecule has 1 N–H and O–H groups in total. The largest absolute Gasteiger partial charge is 0.265 e. The first-order valence-electron chi connectivity index (χ1n) is 3.52. The van der Waals surface area contributed by atoms with Gasteiger partial charge in [0, 0.05) is 5.56 Å². The molecule has 0 aliphatic carbocycles. The van der Waals surface area contributed by atoms with E-state index in [1.54, 1.807) is 6.08 Å². The molecule has 1 aliphatic rings. The molecule has 1 atom stereocenters. The Hall–Kier alpha value is -1.12. The van der Waals surface area contributed by atoms with Crippen molar-refractivity contribution in [2.75, 3.05) is 0 Å². The molecule has 1 saturated heterocycles. The molecule has 2 heteroatoms. The van der Waals surface area contributed by atoms with Crippen LogP contribution in [-0.2, 0) is 10.6 Å². The Morgan fingerprint density at radius 3 is 2.45 bits per heavy atom. The molecule has 0 radical (unpaired) electrons. The molecule has 11 heavy (non-hydrogen) atoms. The third kappa shape index (κ3) is 0.964. The van der Waals surface area contributed by atoms with E-state index in [1.807, 2.05) is 30.3 Å². The second-order valence-electron chi connectivity index (χ2n) is 2.51. The highest BCUT2D eigenvalue weighted by molar-refractivity contribution is 5.28. The van der Waals surface area contributed by atoms with Crippen LogP contribution in [0.5, 0.6) is 0 Å². The summed E-state index contributed by atoms with van der Waals surface area (Å²) in [4.78, 5) is 5.06. The van der Waals surface area contributed by atoms with Crippen molar-refractivity contribution in [1.82, 2.24) is 5.48 Å². The van der Waals surface area contributed by atoms with Gasteiger partial charge in [0.2, 0.25) is 5.72 Å². The van der Waals surface area contributed by atoms with Crippen LogP contribution in [0.25, 0.3) is 0 Å². The van der Waals surface area contributed by atoms with Crippen molar-refractivity contribution < 1.29 is 4.84 Å². The van der Waals surface area contributed by atoms with Gasteiger partial charge in [0.15, 0.2) is 0 Å². The third-order valence-electron chi connectivity index (χ3n) is 1.81. The Labute approximate surface area is 65.4 Å². The Morgan fingerprint density at radius 2 is 2.00 bits per heavy atom.